The van der Waals surface area contributed by atoms with E-state index in [0.717, 1.165) is 62.3 Å². The van der Waals surface area contributed by atoms with E-state index >= 15 is 0 Å². The number of likely N-dealkylation sites (tertiary alicyclic amines) is 1. The van der Waals surface area contributed by atoms with Crippen LogP contribution in [0, 0.1) is 0 Å². The highest BCUT2D eigenvalue weighted by atomic mass is 16.2. The minimum Gasteiger partial charge on any atom is -0.345 e. The molecular weight excluding hydrogens is 278 g/mol. The molecule has 1 amide bonds. The monoisotopic (exact) mass is 299 g/mol. The Hall–Kier alpha value is -1.92. The Kier molecular flexibility index (Phi) is 3.56. The maximum Gasteiger partial charge on any atom is 0.256 e. The second kappa shape index (κ2) is 5.70. The lowest BCUT2D eigenvalue weighted by Gasteiger charge is -2.32. The van der Waals surface area contributed by atoms with Crippen LogP contribution in [0.25, 0.3) is 11.0 Å². The van der Waals surface area contributed by atoms with Crippen molar-refractivity contribution < 1.29 is 4.79 Å². The smallest absolute Gasteiger partial charge is 0.256 e. The first kappa shape index (κ1) is 13.7. The van der Waals surface area contributed by atoms with E-state index in [4.69, 9.17) is 0 Å². The van der Waals surface area contributed by atoms with Gasteiger partial charge in [-0.25, -0.2) is 4.98 Å². The Labute approximate surface area is 129 Å². The number of hydrogen-bond acceptors (Lipinski definition) is 4. The van der Waals surface area contributed by atoms with E-state index in [0.29, 0.717) is 6.04 Å². The van der Waals surface area contributed by atoms with Crippen LogP contribution in [0.4, 0.5) is 0 Å². The summed E-state index contributed by atoms with van der Waals surface area (Å²) in [5.41, 5.74) is 1.52. The highest BCUT2D eigenvalue weighted by Crippen LogP contribution is 2.22. The predicted octanol–water partition coefficient (Wildman–Crippen LogP) is 0.683. The van der Waals surface area contributed by atoms with Crippen molar-refractivity contribution in [2.45, 2.75) is 12.5 Å². The summed E-state index contributed by atoms with van der Waals surface area (Å²) in [5.74, 6) is 0.122. The maximum absolute atomic E-state index is 12.8. The van der Waals surface area contributed by atoms with Crippen LogP contribution in [-0.2, 0) is 0 Å². The molecule has 0 saturated carbocycles. The van der Waals surface area contributed by atoms with Crippen LogP contribution >= 0.6 is 0 Å². The average molecular weight is 299 g/mol. The van der Waals surface area contributed by atoms with Crippen molar-refractivity contribution in [3.05, 3.63) is 30.1 Å². The summed E-state index contributed by atoms with van der Waals surface area (Å²) in [6, 6.07) is 4.34. The number of pyridine rings is 1. The zero-order valence-corrected chi connectivity index (χ0v) is 12.6. The van der Waals surface area contributed by atoms with Gasteiger partial charge in [-0.15, -0.1) is 0 Å². The van der Waals surface area contributed by atoms with Crippen molar-refractivity contribution in [2.24, 2.45) is 0 Å². The molecule has 0 aromatic carbocycles. The number of nitrogens with one attached hydrogen (secondary N) is 2. The highest BCUT2D eigenvalue weighted by molar-refractivity contribution is 6.05. The number of rotatable bonds is 2. The Bertz CT molecular complexity index is 676. The lowest BCUT2D eigenvalue weighted by atomic mass is 10.2. The minimum atomic E-state index is 0.122. The molecule has 0 spiro atoms. The second-order valence-corrected chi connectivity index (χ2v) is 6.08. The number of hydrogen-bond donors (Lipinski definition) is 2. The van der Waals surface area contributed by atoms with Crippen LogP contribution in [-0.4, -0.2) is 71.0 Å². The summed E-state index contributed by atoms with van der Waals surface area (Å²) in [5, 5.41) is 4.30. The minimum absolute atomic E-state index is 0.122. The van der Waals surface area contributed by atoms with Crippen molar-refractivity contribution in [3.63, 3.8) is 0 Å². The van der Waals surface area contributed by atoms with E-state index in [2.05, 4.69) is 20.2 Å². The van der Waals surface area contributed by atoms with E-state index in [9.17, 15) is 4.79 Å². The van der Waals surface area contributed by atoms with Gasteiger partial charge in [-0.1, -0.05) is 0 Å². The lowest BCUT2D eigenvalue weighted by molar-refractivity contribution is 0.0775. The quantitative estimate of drug-likeness (QED) is 0.856. The van der Waals surface area contributed by atoms with Crippen molar-refractivity contribution in [1.82, 2.24) is 25.1 Å². The van der Waals surface area contributed by atoms with Crippen LogP contribution in [0.2, 0.25) is 0 Å². The summed E-state index contributed by atoms with van der Waals surface area (Å²) in [6.45, 7) is 5.97. The number of carbonyl (C=O) groups excluding carboxylic acids is 1. The van der Waals surface area contributed by atoms with E-state index < -0.39 is 0 Å². The number of piperazine rings is 1. The molecule has 2 aromatic rings. The lowest BCUT2D eigenvalue weighted by Crippen LogP contribution is -2.49. The first-order chi connectivity index (χ1) is 10.8. The number of aromatic nitrogens is 2. The van der Waals surface area contributed by atoms with Crippen LogP contribution < -0.4 is 5.32 Å². The van der Waals surface area contributed by atoms with Gasteiger partial charge in [-0.3, -0.25) is 9.69 Å². The standard InChI is InChI=1S/C16H21N5O/c22-16(14-10-19-15-13(14)2-1-4-18-15)21-7-3-12(11-21)20-8-5-17-6-9-20/h1-2,4,10,12,17H,3,5-9,11H2,(H,18,19). The third kappa shape index (κ3) is 2.38. The van der Waals surface area contributed by atoms with Crippen LogP contribution in [0.5, 0.6) is 0 Å². The largest absolute Gasteiger partial charge is 0.345 e. The van der Waals surface area contributed by atoms with Crippen molar-refractivity contribution in [1.29, 1.82) is 0 Å². The second-order valence-electron chi connectivity index (χ2n) is 6.08. The van der Waals surface area contributed by atoms with Gasteiger partial charge < -0.3 is 15.2 Å². The third-order valence-corrected chi connectivity index (χ3v) is 4.80. The zero-order valence-electron chi connectivity index (χ0n) is 12.6. The molecule has 0 aliphatic carbocycles. The fourth-order valence-electron chi connectivity index (χ4n) is 3.57. The van der Waals surface area contributed by atoms with E-state index in [1.54, 1.807) is 12.4 Å². The normalized spacial score (nSPS) is 23.3. The molecule has 6 heteroatoms. The van der Waals surface area contributed by atoms with Crippen LogP contribution in [0.1, 0.15) is 16.8 Å². The van der Waals surface area contributed by atoms with Gasteiger partial charge in [0, 0.05) is 63.1 Å². The number of fused-ring (bicyclic) bond motifs is 1. The first-order valence-electron chi connectivity index (χ1n) is 7.99. The van der Waals surface area contributed by atoms with Crippen LogP contribution in [0.3, 0.4) is 0 Å². The van der Waals surface area contributed by atoms with Gasteiger partial charge in [0.15, 0.2) is 0 Å². The first-order valence-corrected chi connectivity index (χ1v) is 7.99. The van der Waals surface area contributed by atoms with E-state index in [1.807, 2.05) is 17.0 Å². The van der Waals surface area contributed by atoms with Gasteiger partial charge in [0.2, 0.25) is 0 Å². The molecular formula is C16H21N5O. The molecule has 2 fully saturated rings. The summed E-state index contributed by atoms with van der Waals surface area (Å²) in [6.07, 6.45) is 4.61. The molecule has 22 heavy (non-hydrogen) atoms. The fraction of sp³-hybridized carbons (Fsp3) is 0.500. The maximum atomic E-state index is 12.8. The molecule has 4 rings (SSSR count). The average Bonchev–Trinajstić information content (AvgIpc) is 3.22. The summed E-state index contributed by atoms with van der Waals surface area (Å²) < 4.78 is 0. The van der Waals surface area contributed by atoms with Gasteiger partial charge in [-0.2, -0.15) is 0 Å². The molecule has 1 unspecified atom stereocenters. The number of aromatic amines is 1. The molecule has 2 aliphatic rings. The summed E-state index contributed by atoms with van der Waals surface area (Å²) in [4.78, 5) is 24.6. The molecule has 6 nitrogen and oxygen atoms in total. The van der Waals surface area contributed by atoms with E-state index in [1.165, 1.54) is 0 Å². The van der Waals surface area contributed by atoms with Gasteiger partial charge in [0.1, 0.15) is 5.65 Å². The number of carbonyl (C=O) groups is 1. The molecule has 2 aliphatic heterocycles. The molecule has 0 radical (unpaired) electrons. The molecule has 116 valence electrons. The molecule has 4 heterocycles. The Morgan fingerprint density at radius 3 is 3.00 bits per heavy atom. The summed E-state index contributed by atoms with van der Waals surface area (Å²) in [7, 11) is 0. The Balaban J connectivity index is 1.49. The van der Waals surface area contributed by atoms with E-state index in [-0.39, 0.29) is 5.91 Å². The number of H-pyrrole nitrogens is 1. The molecule has 0 bridgehead atoms. The highest BCUT2D eigenvalue weighted by Gasteiger charge is 2.32. The zero-order chi connectivity index (χ0) is 14.9. The third-order valence-electron chi connectivity index (χ3n) is 4.80. The SMILES string of the molecule is O=C(c1c[nH]c2ncccc12)N1CCC(N2CCNCC2)C1. The topological polar surface area (TPSA) is 64.3 Å². The molecule has 2 saturated heterocycles. The van der Waals surface area contributed by atoms with Crippen LogP contribution in [0.15, 0.2) is 24.5 Å². The number of amides is 1. The van der Waals surface area contributed by atoms with Crippen molar-refractivity contribution >= 4 is 16.9 Å². The fourth-order valence-corrected chi connectivity index (χ4v) is 3.57. The van der Waals surface area contributed by atoms with Gasteiger partial charge in [0.25, 0.3) is 5.91 Å². The van der Waals surface area contributed by atoms with Gasteiger partial charge in [0.05, 0.1) is 5.56 Å². The summed E-state index contributed by atoms with van der Waals surface area (Å²) >= 11 is 0. The number of nitrogens with zero attached hydrogens (tertiary/aromatic N) is 3. The van der Waals surface area contributed by atoms with Crippen molar-refractivity contribution in [3.8, 4) is 0 Å². The van der Waals surface area contributed by atoms with Crippen molar-refractivity contribution in [2.75, 3.05) is 39.3 Å². The van der Waals surface area contributed by atoms with Gasteiger partial charge in [-0.05, 0) is 18.6 Å². The molecule has 2 aromatic heterocycles. The molecule has 2 N–H and O–H groups in total. The predicted molar refractivity (Wildman–Crippen MR) is 84.8 cm³/mol. The van der Waals surface area contributed by atoms with Gasteiger partial charge >= 0.3 is 0 Å². The Morgan fingerprint density at radius 2 is 2.14 bits per heavy atom. The molecule has 1 atom stereocenters. The Morgan fingerprint density at radius 1 is 1.27 bits per heavy atom.